The number of hydrogen-bond donors (Lipinski definition) is 2. The minimum atomic E-state index is -0.00546. The Balaban J connectivity index is 2.98. The van der Waals surface area contributed by atoms with E-state index in [0.717, 1.165) is 5.69 Å². The molecule has 0 aliphatic heterocycles. The molecule has 4 nitrogen and oxygen atoms in total. The molecule has 74 valence electrons. The number of H-pyrrole nitrogens is 1. The van der Waals surface area contributed by atoms with Crippen LogP contribution in [0.25, 0.3) is 0 Å². The molecular weight excluding hydrogens is 166 g/mol. The zero-order chi connectivity index (χ0) is 10.0. The van der Waals surface area contributed by atoms with Gasteiger partial charge in [-0.1, -0.05) is 13.8 Å². The number of hydrogen-bond acceptors (Lipinski definition) is 2. The first-order valence-electron chi connectivity index (χ1n) is 4.52. The molecule has 0 saturated carbocycles. The Bertz CT molecular complexity index is 324. The summed E-state index contributed by atoms with van der Waals surface area (Å²) in [7, 11) is 1.71. The van der Waals surface area contributed by atoms with Crippen LogP contribution in [-0.2, 0) is 7.05 Å². The predicted molar refractivity (Wildman–Crippen MR) is 52.7 cm³/mol. The Morgan fingerprint density at radius 1 is 1.62 bits per heavy atom. The molecule has 4 heteroatoms. The summed E-state index contributed by atoms with van der Waals surface area (Å²) in [6.45, 7) is 4.77. The van der Waals surface area contributed by atoms with Crippen molar-refractivity contribution in [2.45, 2.75) is 19.8 Å². The fourth-order valence-electron chi connectivity index (χ4n) is 1.46. The van der Waals surface area contributed by atoms with Gasteiger partial charge in [-0.2, -0.15) is 0 Å². The van der Waals surface area contributed by atoms with E-state index in [0.29, 0.717) is 12.5 Å². The van der Waals surface area contributed by atoms with Crippen molar-refractivity contribution < 1.29 is 0 Å². The van der Waals surface area contributed by atoms with Crippen molar-refractivity contribution in [1.29, 1.82) is 0 Å². The van der Waals surface area contributed by atoms with E-state index in [9.17, 15) is 4.79 Å². The third-order valence-corrected chi connectivity index (χ3v) is 2.36. The zero-order valence-corrected chi connectivity index (χ0v) is 8.37. The molecule has 1 aromatic heterocycles. The third kappa shape index (κ3) is 2.01. The van der Waals surface area contributed by atoms with E-state index in [1.165, 1.54) is 4.68 Å². The molecule has 1 atom stereocenters. The van der Waals surface area contributed by atoms with Gasteiger partial charge in [0.2, 0.25) is 0 Å². The zero-order valence-electron chi connectivity index (χ0n) is 8.37. The molecule has 1 heterocycles. The molecule has 0 aliphatic carbocycles. The molecule has 0 spiro atoms. The first-order chi connectivity index (χ1) is 6.06. The minimum absolute atomic E-state index is 0.00546. The van der Waals surface area contributed by atoms with E-state index in [1.807, 2.05) is 0 Å². The van der Waals surface area contributed by atoms with E-state index in [2.05, 4.69) is 18.9 Å². The van der Waals surface area contributed by atoms with E-state index in [1.54, 1.807) is 13.1 Å². The fraction of sp³-hybridized carbons (Fsp3) is 0.667. The molecule has 0 fully saturated rings. The number of aryl methyl sites for hydroxylation is 1. The molecule has 0 aliphatic rings. The van der Waals surface area contributed by atoms with Crippen molar-refractivity contribution >= 4 is 0 Å². The topological polar surface area (TPSA) is 63.8 Å². The summed E-state index contributed by atoms with van der Waals surface area (Å²) in [4.78, 5) is 11.2. The molecular formula is C9H17N3O. The molecule has 0 aromatic carbocycles. The smallest absolute Gasteiger partial charge is 0.266 e. The Hall–Kier alpha value is -1.03. The highest BCUT2D eigenvalue weighted by Crippen LogP contribution is 2.19. The quantitative estimate of drug-likeness (QED) is 0.713. The Morgan fingerprint density at radius 3 is 2.54 bits per heavy atom. The standard InChI is InChI=1S/C9H17N3O/c1-6(2)7(5-10)8-4-9(13)12(3)11-8/h4,6-7,11H,5,10H2,1-3H3. The molecule has 0 radical (unpaired) electrons. The van der Waals surface area contributed by atoms with E-state index in [-0.39, 0.29) is 11.5 Å². The fourth-order valence-corrected chi connectivity index (χ4v) is 1.46. The van der Waals surface area contributed by atoms with Gasteiger partial charge in [-0.3, -0.25) is 14.6 Å². The molecule has 0 bridgehead atoms. The van der Waals surface area contributed by atoms with Crippen molar-refractivity contribution in [2.24, 2.45) is 18.7 Å². The van der Waals surface area contributed by atoms with Gasteiger partial charge in [-0.05, 0) is 5.92 Å². The average molecular weight is 183 g/mol. The predicted octanol–water partition coefficient (Wildman–Crippen LogP) is 0.412. The SMILES string of the molecule is CC(C)C(CN)c1cc(=O)n(C)[nH]1. The second-order valence-electron chi connectivity index (χ2n) is 3.69. The highest BCUT2D eigenvalue weighted by molar-refractivity contribution is 5.08. The summed E-state index contributed by atoms with van der Waals surface area (Å²) >= 11 is 0. The van der Waals surface area contributed by atoms with Crippen molar-refractivity contribution in [3.63, 3.8) is 0 Å². The normalized spacial score (nSPS) is 13.6. The number of nitrogens with one attached hydrogen (secondary N) is 1. The maximum Gasteiger partial charge on any atom is 0.266 e. The van der Waals surface area contributed by atoms with Crippen LogP contribution in [0.1, 0.15) is 25.5 Å². The molecule has 0 amide bonds. The summed E-state index contributed by atoms with van der Waals surface area (Å²) in [5, 5.41) is 3.00. The number of nitrogens with two attached hydrogens (primary N) is 1. The minimum Gasteiger partial charge on any atom is -0.330 e. The Kier molecular flexibility index (Phi) is 2.93. The Labute approximate surface area is 77.7 Å². The lowest BCUT2D eigenvalue weighted by molar-refractivity contribution is 0.489. The number of aromatic nitrogens is 2. The van der Waals surface area contributed by atoms with Gasteiger partial charge >= 0.3 is 0 Å². The molecule has 1 rings (SSSR count). The lowest BCUT2D eigenvalue weighted by Crippen LogP contribution is -2.18. The van der Waals surface area contributed by atoms with Crippen LogP contribution >= 0.6 is 0 Å². The van der Waals surface area contributed by atoms with Crippen LogP contribution in [0.3, 0.4) is 0 Å². The van der Waals surface area contributed by atoms with Crippen LogP contribution in [0.4, 0.5) is 0 Å². The van der Waals surface area contributed by atoms with Crippen molar-refractivity contribution in [3.8, 4) is 0 Å². The maximum absolute atomic E-state index is 11.2. The second-order valence-corrected chi connectivity index (χ2v) is 3.69. The lowest BCUT2D eigenvalue weighted by Gasteiger charge is -2.16. The monoisotopic (exact) mass is 183 g/mol. The molecule has 1 aromatic rings. The van der Waals surface area contributed by atoms with Crippen LogP contribution in [0.2, 0.25) is 0 Å². The average Bonchev–Trinajstić information content (AvgIpc) is 2.32. The van der Waals surface area contributed by atoms with Crippen molar-refractivity contribution in [1.82, 2.24) is 9.78 Å². The van der Waals surface area contributed by atoms with Crippen molar-refractivity contribution in [3.05, 3.63) is 22.1 Å². The first-order valence-corrected chi connectivity index (χ1v) is 4.52. The molecule has 0 saturated heterocycles. The van der Waals surface area contributed by atoms with Gasteiger partial charge < -0.3 is 5.73 Å². The van der Waals surface area contributed by atoms with Crippen LogP contribution in [-0.4, -0.2) is 16.3 Å². The highest BCUT2D eigenvalue weighted by Gasteiger charge is 2.16. The number of nitrogens with zero attached hydrogens (tertiary/aromatic N) is 1. The van der Waals surface area contributed by atoms with Gasteiger partial charge in [-0.15, -0.1) is 0 Å². The van der Waals surface area contributed by atoms with Gasteiger partial charge in [0, 0.05) is 31.3 Å². The molecule has 13 heavy (non-hydrogen) atoms. The first kappa shape index (κ1) is 10.1. The summed E-state index contributed by atoms with van der Waals surface area (Å²) in [5.74, 6) is 0.692. The summed E-state index contributed by atoms with van der Waals surface area (Å²) in [6.07, 6.45) is 0. The van der Waals surface area contributed by atoms with Gasteiger partial charge in [0.05, 0.1) is 0 Å². The van der Waals surface area contributed by atoms with Crippen molar-refractivity contribution in [2.75, 3.05) is 6.54 Å². The molecule has 1 unspecified atom stereocenters. The van der Waals surface area contributed by atoms with Crippen LogP contribution < -0.4 is 11.3 Å². The second kappa shape index (κ2) is 3.79. The molecule has 3 N–H and O–H groups in total. The largest absolute Gasteiger partial charge is 0.330 e. The van der Waals surface area contributed by atoms with Crippen LogP contribution in [0, 0.1) is 5.92 Å². The lowest BCUT2D eigenvalue weighted by atomic mass is 9.93. The maximum atomic E-state index is 11.2. The number of rotatable bonds is 3. The van der Waals surface area contributed by atoms with Crippen LogP contribution in [0.15, 0.2) is 10.9 Å². The van der Waals surface area contributed by atoms with Gasteiger partial charge in [0.15, 0.2) is 0 Å². The van der Waals surface area contributed by atoms with Gasteiger partial charge in [0.25, 0.3) is 5.56 Å². The Morgan fingerprint density at radius 2 is 2.23 bits per heavy atom. The van der Waals surface area contributed by atoms with Gasteiger partial charge in [0.1, 0.15) is 0 Å². The summed E-state index contributed by atoms with van der Waals surface area (Å²) in [5.41, 5.74) is 6.56. The van der Waals surface area contributed by atoms with E-state index in [4.69, 9.17) is 5.73 Å². The summed E-state index contributed by atoms with van der Waals surface area (Å²) in [6, 6.07) is 1.62. The number of aromatic amines is 1. The highest BCUT2D eigenvalue weighted by atomic mass is 16.1. The third-order valence-electron chi connectivity index (χ3n) is 2.36. The summed E-state index contributed by atoms with van der Waals surface area (Å²) < 4.78 is 1.47. The van der Waals surface area contributed by atoms with Gasteiger partial charge in [-0.25, -0.2) is 0 Å². The van der Waals surface area contributed by atoms with E-state index < -0.39 is 0 Å². The van der Waals surface area contributed by atoms with Crippen LogP contribution in [0.5, 0.6) is 0 Å². The van der Waals surface area contributed by atoms with E-state index >= 15 is 0 Å².